The molecule has 436 valence electrons. The van der Waals surface area contributed by atoms with Crippen molar-refractivity contribution in [1.29, 1.82) is 0 Å². The molecule has 2 spiro atoms. The monoisotopic (exact) mass is 1100 g/mol. The number of carbonyl (C=O) groups is 3. The summed E-state index contributed by atoms with van der Waals surface area (Å²) in [4.78, 5) is 56.8. The van der Waals surface area contributed by atoms with Gasteiger partial charge in [0.05, 0.1) is 24.9 Å². The van der Waals surface area contributed by atoms with E-state index < -0.39 is 55.8 Å². The Morgan fingerprint density at radius 2 is 0.897 bits per heavy atom. The van der Waals surface area contributed by atoms with Crippen molar-refractivity contribution in [1.82, 2.24) is 0 Å². The van der Waals surface area contributed by atoms with Crippen molar-refractivity contribution in [3.05, 3.63) is 89.5 Å². The smallest absolute Gasteiger partial charge is 0.337 e. The first-order valence-electron chi connectivity index (χ1n) is 32.5. The third kappa shape index (κ3) is 11.3. The second-order valence-electron chi connectivity index (χ2n) is 22.3. The van der Waals surface area contributed by atoms with Crippen molar-refractivity contribution in [2.75, 3.05) is 21.1 Å². The predicted molar refractivity (Wildman–Crippen MR) is 303 cm³/mol. The van der Waals surface area contributed by atoms with Crippen LogP contribution in [0, 0.1) is 71.0 Å². The fourth-order valence-electron chi connectivity index (χ4n) is 16.4. The Hall–Kier alpha value is -4.37. The SMILES string of the molecule is C.C.C.CC.CC.CC.O=C1C2CC3CC(C2)CC1C3.[2H]C([2H])([2H])OC(=O)c1cccc(O)c1.[2H]C([2H])([2H])OC1(c2cccc(O)c2)OOC12C1CC3CC(C1)CC2C3.[2H]C([2H])([2H])OC1(c2cccc(OC(C)=O)c2)OOC12C1CC3CC(C1)CC2C3. The lowest BCUT2D eigenvalue weighted by Gasteiger charge is -2.68. The minimum atomic E-state index is -2.76. The van der Waals surface area contributed by atoms with Gasteiger partial charge in [0.1, 0.15) is 23.0 Å². The Balaban J connectivity index is 0.000000214. The highest BCUT2D eigenvalue weighted by atomic mass is 17.3. The third-order valence-corrected chi connectivity index (χ3v) is 18.4. The van der Waals surface area contributed by atoms with Gasteiger partial charge in [-0.15, -0.1) is 0 Å². The number of ether oxygens (including phenoxy) is 4. The second-order valence-corrected chi connectivity index (χ2v) is 22.3. The summed E-state index contributed by atoms with van der Waals surface area (Å²) in [5, 5.41) is 19.0. The number of ketones is 1. The van der Waals surface area contributed by atoms with Gasteiger partial charge in [0.25, 0.3) is 11.6 Å². The molecule has 12 aliphatic carbocycles. The van der Waals surface area contributed by atoms with E-state index in [4.69, 9.17) is 51.2 Å². The first-order chi connectivity index (χ1) is 39.7. The molecule has 78 heavy (non-hydrogen) atoms. The standard InChI is InChI=1S/C20H24O5.C18H22O4.C10H14O.C8H8O3.3C2H6.3CH4/c1-12(21)23-18-5-3-4-15(11-18)20(22-2)19(24-25-20)16-7-13-6-14(9-16)10-17(19)8-13;1-20-18(13-3-2-4-16(19)10-13)17(21-22-18)14-6-11-5-12(8-14)9-15(17)7-11;11-10-8-2-6-1-7(4-8)5-9(10)3-6;1-11-8(10)6-3-2-4-7(9)5-6;3*1-2;;;/h3-5,11,13-14,16-17H,6-10H2,1-2H3;2-4,10-12,14-15,19H,5-9H2,1H3;6-9H,1-5H2;2-5,9H,1H3;3*1-2H3;3*1H4/i2D3;1D3;;1D3;;;;;;. The van der Waals surface area contributed by atoms with Crippen LogP contribution in [-0.2, 0) is 54.9 Å². The Kier molecular flexibility index (Phi) is 17.9. The average Bonchev–Trinajstić information content (AvgIpc) is 0.680. The second kappa shape index (κ2) is 26.9. The number of rotatable bonds is 6. The summed E-state index contributed by atoms with van der Waals surface area (Å²) in [6, 6.07) is 18.5. The maximum Gasteiger partial charge on any atom is 0.337 e. The van der Waals surface area contributed by atoms with E-state index in [1.807, 2.05) is 41.5 Å². The van der Waals surface area contributed by atoms with Crippen LogP contribution in [0.1, 0.15) is 201 Å². The van der Waals surface area contributed by atoms with Crippen LogP contribution in [0.15, 0.2) is 72.8 Å². The van der Waals surface area contributed by atoms with E-state index in [2.05, 4.69) is 4.74 Å². The van der Waals surface area contributed by atoms with Gasteiger partial charge in [-0.25, -0.2) is 14.6 Å². The van der Waals surface area contributed by atoms with Crippen molar-refractivity contribution < 1.29 is 75.4 Å². The summed E-state index contributed by atoms with van der Waals surface area (Å²) in [5.41, 5.74) is -0.559. The number of phenolic OH excluding ortho intramolecular Hbond substituents is 2. The zero-order valence-corrected chi connectivity index (χ0v) is 44.8. The van der Waals surface area contributed by atoms with Crippen molar-refractivity contribution in [3.8, 4) is 17.2 Å². The Labute approximate surface area is 480 Å². The van der Waals surface area contributed by atoms with E-state index in [9.17, 15) is 19.5 Å². The molecule has 2 heterocycles. The molecule has 13 heteroatoms. The van der Waals surface area contributed by atoms with Crippen LogP contribution in [0.4, 0.5) is 0 Å². The lowest BCUT2D eigenvalue weighted by atomic mass is 9.47. The molecule has 2 N–H and O–H groups in total. The van der Waals surface area contributed by atoms with Crippen LogP contribution in [0.3, 0.4) is 0 Å². The molecule has 3 aromatic rings. The molecule has 12 saturated carbocycles. The van der Waals surface area contributed by atoms with Crippen LogP contribution in [0.5, 0.6) is 17.2 Å². The van der Waals surface area contributed by atoms with Crippen LogP contribution in [0.2, 0.25) is 0 Å². The first-order valence-corrected chi connectivity index (χ1v) is 28.0. The van der Waals surface area contributed by atoms with E-state index in [1.54, 1.807) is 42.5 Å². The number of hydrogen-bond acceptors (Lipinski definition) is 13. The minimum absolute atomic E-state index is 0. The van der Waals surface area contributed by atoms with Crippen molar-refractivity contribution in [2.45, 2.75) is 190 Å². The van der Waals surface area contributed by atoms with Gasteiger partial charge in [-0.2, -0.15) is 9.78 Å². The summed E-state index contributed by atoms with van der Waals surface area (Å²) in [6.07, 6.45) is 17.1. The maximum absolute atomic E-state index is 11.6. The topological polar surface area (TPSA) is 166 Å². The predicted octanol–water partition coefficient (Wildman–Crippen LogP) is 15.1. The van der Waals surface area contributed by atoms with E-state index in [-0.39, 0.29) is 63.0 Å². The van der Waals surface area contributed by atoms with Crippen molar-refractivity contribution >= 4 is 17.7 Å². The Bertz CT molecular complexity index is 2680. The van der Waals surface area contributed by atoms with Crippen LogP contribution < -0.4 is 4.74 Å². The molecule has 12 bridgehead atoms. The summed E-state index contributed by atoms with van der Waals surface area (Å²) in [6.45, 7) is 13.3. The number of esters is 2. The minimum Gasteiger partial charge on any atom is -0.508 e. The first kappa shape index (κ1) is 51.8. The van der Waals surface area contributed by atoms with Crippen molar-refractivity contribution in [2.24, 2.45) is 71.0 Å². The average molecular weight is 1100 g/mol. The number of Topliss-reactive ketones (excluding diaryl/α,β-unsaturated/α-hetero) is 1. The van der Waals surface area contributed by atoms with Crippen LogP contribution in [-0.4, -0.2) is 60.3 Å². The molecule has 13 nitrogen and oxygen atoms in total. The summed E-state index contributed by atoms with van der Waals surface area (Å²) in [5.74, 6) is 2.91. The molecule has 2 aliphatic heterocycles. The third-order valence-electron chi connectivity index (χ3n) is 18.4. The van der Waals surface area contributed by atoms with Gasteiger partial charge < -0.3 is 29.2 Å². The van der Waals surface area contributed by atoms with Crippen LogP contribution in [0.25, 0.3) is 0 Å². The summed E-state index contributed by atoms with van der Waals surface area (Å²) >= 11 is 0. The molecule has 0 aromatic heterocycles. The highest BCUT2D eigenvalue weighted by Crippen LogP contribution is 2.71. The van der Waals surface area contributed by atoms with Gasteiger partial charge in [-0.3, -0.25) is 9.59 Å². The maximum atomic E-state index is 11.6. The zero-order chi connectivity index (χ0) is 61.4. The number of phenols is 2. The van der Waals surface area contributed by atoms with E-state index in [0.717, 1.165) is 69.3 Å². The number of methoxy groups -OCH3 is 3. The number of benzene rings is 3. The summed E-state index contributed by atoms with van der Waals surface area (Å²) < 4.78 is 87.2. The van der Waals surface area contributed by atoms with Gasteiger partial charge in [0, 0.05) is 44.0 Å². The highest BCUT2D eigenvalue weighted by Gasteiger charge is 2.78. The molecule has 0 radical (unpaired) electrons. The van der Waals surface area contributed by atoms with Gasteiger partial charge in [-0.05, 0) is 198 Å². The normalized spacial score (nSPS) is 39.1. The van der Waals surface area contributed by atoms with Gasteiger partial charge >= 0.3 is 11.9 Å². The Morgan fingerprint density at radius 1 is 0.513 bits per heavy atom. The summed E-state index contributed by atoms with van der Waals surface area (Å²) in [7, 11) is -8.05. The molecule has 3 aromatic carbocycles. The molecule has 0 amide bonds. The Morgan fingerprint density at radius 3 is 1.26 bits per heavy atom. The van der Waals surface area contributed by atoms with E-state index >= 15 is 0 Å². The van der Waals surface area contributed by atoms with Crippen molar-refractivity contribution in [3.63, 3.8) is 0 Å². The fraction of sp³-hybridized carbons (Fsp3) is 0.677. The molecule has 2 saturated heterocycles. The van der Waals surface area contributed by atoms with Crippen LogP contribution >= 0.6 is 0 Å². The molecular formula is C65H98O13. The molecular weight excluding hydrogens is 989 g/mol. The van der Waals surface area contributed by atoms with E-state index in [1.165, 1.54) is 76.1 Å². The van der Waals surface area contributed by atoms with E-state index in [0.29, 0.717) is 58.2 Å². The fourth-order valence-corrected chi connectivity index (χ4v) is 16.4. The lowest BCUT2D eigenvalue weighted by Crippen LogP contribution is -2.76. The zero-order valence-electron chi connectivity index (χ0n) is 53.8. The van der Waals surface area contributed by atoms with Gasteiger partial charge in [0.15, 0.2) is 11.2 Å². The lowest BCUT2D eigenvalue weighted by molar-refractivity contribution is -0.645. The largest absolute Gasteiger partial charge is 0.508 e. The van der Waals surface area contributed by atoms with Gasteiger partial charge in [0.2, 0.25) is 0 Å². The number of aromatic hydroxyl groups is 2. The molecule has 2 unspecified atom stereocenters. The molecule has 14 aliphatic rings. The number of carbonyl (C=O) groups excluding carboxylic acids is 3. The van der Waals surface area contributed by atoms with Gasteiger partial charge in [-0.1, -0.05) is 94.2 Å². The number of hydrogen-bond donors (Lipinski definition) is 2. The highest BCUT2D eigenvalue weighted by molar-refractivity contribution is 5.89. The quantitative estimate of drug-likeness (QED) is 0.136. The molecule has 17 rings (SSSR count). The molecule has 2 atom stereocenters. The molecule has 14 fully saturated rings.